The first-order valence-electron chi connectivity index (χ1n) is 6.51. The molecular formula is C15H20BrN3. The van der Waals surface area contributed by atoms with E-state index in [4.69, 9.17) is 0 Å². The van der Waals surface area contributed by atoms with Crippen LogP contribution in [0.1, 0.15) is 36.6 Å². The second-order valence-corrected chi connectivity index (χ2v) is 6.07. The van der Waals surface area contributed by atoms with Crippen molar-refractivity contribution in [1.82, 2.24) is 9.78 Å². The van der Waals surface area contributed by atoms with Gasteiger partial charge in [0.15, 0.2) is 0 Å². The lowest BCUT2D eigenvalue weighted by atomic mass is 10.1. The monoisotopic (exact) mass is 321 g/mol. The third-order valence-corrected chi connectivity index (χ3v) is 3.71. The van der Waals surface area contributed by atoms with Gasteiger partial charge in [-0.15, -0.1) is 0 Å². The summed E-state index contributed by atoms with van der Waals surface area (Å²) in [4.78, 5) is 0. The van der Waals surface area contributed by atoms with Crippen LogP contribution in [0.3, 0.4) is 0 Å². The first-order chi connectivity index (χ1) is 8.97. The fraction of sp³-hybridized carbons (Fsp3) is 0.400. The topological polar surface area (TPSA) is 29.9 Å². The second kappa shape index (κ2) is 5.78. The molecule has 1 aromatic heterocycles. The van der Waals surface area contributed by atoms with Crippen molar-refractivity contribution in [3.63, 3.8) is 0 Å². The third-order valence-electron chi connectivity index (χ3n) is 3.09. The molecule has 0 spiro atoms. The maximum absolute atomic E-state index is 4.35. The fourth-order valence-electron chi connectivity index (χ4n) is 2.08. The van der Waals surface area contributed by atoms with Gasteiger partial charge in [0.25, 0.3) is 0 Å². The van der Waals surface area contributed by atoms with Gasteiger partial charge in [-0.05, 0) is 60.8 Å². The van der Waals surface area contributed by atoms with E-state index in [0.717, 1.165) is 16.7 Å². The van der Waals surface area contributed by atoms with Crippen LogP contribution < -0.4 is 5.32 Å². The molecule has 3 nitrogen and oxygen atoms in total. The van der Waals surface area contributed by atoms with Crippen molar-refractivity contribution >= 4 is 21.6 Å². The number of anilines is 1. The molecule has 0 amide bonds. The van der Waals surface area contributed by atoms with Crippen molar-refractivity contribution < 1.29 is 0 Å². The zero-order valence-corrected chi connectivity index (χ0v) is 13.5. The van der Waals surface area contributed by atoms with Crippen LogP contribution in [0, 0.1) is 13.8 Å². The van der Waals surface area contributed by atoms with Gasteiger partial charge in [0, 0.05) is 28.8 Å². The summed E-state index contributed by atoms with van der Waals surface area (Å²) in [6.45, 7) is 9.27. The van der Waals surface area contributed by atoms with Gasteiger partial charge >= 0.3 is 0 Å². The fourth-order valence-corrected chi connectivity index (χ4v) is 2.90. The highest BCUT2D eigenvalue weighted by molar-refractivity contribution is 9.10. The number of halogens is 1. The Bertz CT molecular complexity index is 550. The zero-order chi connectivity index (χ0) is 14.0. The van der Waals surface area contributed by atoms with Crippen molar-refractivity contribution in [1.29, 1.82) is 0 Å². The molecule has 2 rings (SSSR count). The molecule has 19 heavy (non-hydrogen) atoms. The molecule has 0 saturated carbocycles. The molecule has 0 bridgehead atoms. The first-order valence-corrected chi connectivity index (χ1v) is 7.30. The number of rotatable bonds is 4. The van der Waals surface area contributed by atoms with Crippen LogP contribution in [0.2, 0.25) is 0 Å². The number of nitrogens with one attached hydrogen (secondary N) is 1. The summed E-state index contributed by atoms with van der Waals surface area (Å²) < 4.78 is 3.09. The lowest BCUT2D eigenvalue weighted by molar-refractivity contribution is 0.532. The average Bonchev–Trinajstić information content (AvgIpc) is 2.76. The Morgan fingerprint density at radius 2 is 2.05 bits per heavy atom. The Hall–Kier alpha value is -1.29. The SMILES string of the molecule is Cc1cc(C)c(NCc2cnn(C(C)C)c2)c(Br)c1. The largest absolute Gasteiger partial charge is 0.380 e. The van der Waals surface area contributed by atoms with Crippen LogP contribution in [0.4, 0.5) is 5.69 Å². The van der Waals surface area contributed by atoms with Crippen LogP contribution in [-0.4, -0.2) is 9.78 Å². The summed E-state index contributed by atoms with van der Waals surface area (Å²) in [5.74, 6) is 0. The van der Waals surface area contributed by atoms with Crippen LogP contribution in [-0.2, 0) is 6.54 Å². The van der Waals surface area contributed by atoms with Gasteiger partial charge in [-0.2, -0.15) is 5.10 Å². The van der Waals surface area contributed by atoms with E-state index < -0.39 is 0 Å². The van der Waals surface area contributed by atoms with Crippen molar-refractivity contribution in [3.05, 3.63) is 45.7 Å². The molecule has 0 aliphatic rings. The molecule has 0 radical (unpaired) electrons. The van der Waals surface area contributed by atoms with E-state index in [1.165, 1.54) is 16.7 Å². The molecule has 0 unspecified atom stereocenters. The molecule has 1 heterocycles. The Balaban J connectivity index is 2.10. The predicted octanol–water partition coefficient (Wildman–Crippen LogP) is 4.46. The van der Waals surface area contributed by atoms with Crippen LogP contribution >= 0.6 is 15.9 Å². The molecule has 0 saturated heterocycles. The molecule has 1 N–H and O–H groups in total. The van der Waals surface area contributed by atoms with Gasteiger partial charge in [0.1, 0.15) is 0 Å². The van der Waals surface area contributed by atoms with Gasteiger partial charge in [-0.25, -0.2) is 0 Å². The Kier molecular flexibility index (Phi) is 4.30. The molecule has 0 aliphatic carbocycles. The summed E-state index contributed by atoms with van der Waals surface area (Å²) in [7, 11) is 0. The summed E-state index contributed by atoms with van der Waals surface area (Å²) in [6.07, 6.45) is 4.01. The highest BCUT2D eigenvalue weighted by Gasteiger charge is 2.06. The van der Waals surface area contributed by atoms with E-state index in [-0.39, 0.29) is 0 Å². The van der Waals surface area contributed by atoms with Gasteiger partial charge < -0.3 is 5.32 Å². The van der Waals surface area contributed by atoms with Gasteiger partial charge in [-0.3, -0.25) is 4.68 Å². The second-order valence-electron chi connectivity index (χ2n) is 5.21. The quantitative estimate of drug-likeness (QED) is 0.901. The molecule has 0 aliphatic heterocycles. The summed E-state index contributed by atoms with van der Waals surface area (Å²) in [5.41, 5.74) is 4.87. The van der Waals surface area contributed by atoms with Crippen molar-refractivity contribution in [3.8, 4) is 0 Å². The van der Waals surface area contributed by atoms with Gasteiger partial charge in [0.2, 0.25) is 0 Å². The van der Waals surface area contributed by atoms with Crippen molar-refractivity contribution in [2.24, 2.45) is 0 Å². The van der Waals surface area contributed by atoms with Crippen molar-refractivity contribution in [2.75, 3.05) is 5.32 Å². The van der Waals surface area contributed by atoms with Crippen LogP contribution in [0.15, 0.2) is 29.0 Å². The lowest BCUT2D eigenvalue weighted by Gasteiger charge is -2.12. The Morgan fingerprint density at radius 3 is 2.63 bits per heavy atom. The molecule has 0 fully saturated rings. The van der Waals surface area contributed by atoms with Gasteiger partial charge in [-0.1, -0.05) is 6.07 Å². The first kappa shape index (κ1) is 14.1. The number of benzene rings is 1. The minimum atomic E-state index is 0.404. The summed E-state index contributed by atoms with van der Waals surface area (Å²) in [5, 5.41) is 7.83. The number of hydrogen-bond acceptors (Lipinski definition) is 2. The highest BCUT2D eigenvalue weighted by atomic mass is 79.9. The average molecular weight is 322 g/mol. The highest BCUT2D eigenvalue weighted by Crippen LogP contribution is 2.28. The van der Waals surface area contributed by atoms with E-state index in [0.29, 0.717) is 6.04 Å². The number of hydrogen-bond donors (Lipinski definition) is 1. The maximum atomic E-state index is 4.35. The van der Waals surface area contributed by atoms with Crippen LogP contribution in [0.5, 0.6) is 0 Å². The zero-order valence-electron chi connectivity index (χ0n) is 11.9. The standard InChI is InChI=1S/C15H20BrN3/c1-10(2)19-9-13(8-18-19)7-17-15-12(4)5-11(3)6-14(15)16/h5-6,8-10,17H,7H2,1-4H3. The van der Waals surface area contributed by atoms with Crippen LogP contribution in [0.25, 0.3) is 0 Å². The van der Waals surface area contributed by atoms with E-state index in [2.05, 4.69) is 72.4 Å². The Morgan fingerprint density at radius 1 is 1.32 bits per heavy atom. The molecule has 0 atom stereocenters. The lowest BCUT2D eigenvalue weighted by Crippen LogP contribution is -2.02. The normalized spacial score (nSPS) is 11.1. The predicted molar refractivity (Wildman–Crippen MR) is 83.6 cm³/mol. The van der Waals surface area contributed by atoms with E-state index in [1.807, 2.05) is 10.9 Å². The van der Waals surface area contributed by atoms with Gasteiger partial charge in [0.05, 0.1) is 11.9 Å². The van der Waals surface area contributed by atoms with E-state index >= 15 is 0 Å². The molecule has 2 aromatic rings. The number of aryl methyl sites for hydroxylation is 2. The minimum Gasteiger partial charge on any atom is -0.380 e. The number of aromatic nitrogens is 2. The maximum Gasteiger partial charge on any atom is 0.0539 e. The molecular weight excluding hydrogens is 302 g/mol. The third kappa shape index (κ3) is 3.38. The Labute approximate surface area is 123 Å². The molecule has 1 aromatic carbocycles. The number of nitrogens with zero attached hydrogens (tertiary/aromatic N) is 2. The molecule has 4 heteroatoms. The smallest absolute Gasteiger partial charge is 0.0539 e. The van der Waals surface area contributed by atoms with E-state index in [1.54, 1.807) is 0 Å². The summed E-state index contributed by atoms with van der Waals surface area (Å²) >= 11 is 3.62. The molecule has 102 valence electrons. The van der Waals surface area contributed by atoms with E-state index in [9.17, 15) is 0 Å². The summed E-state index contributed by atoms with van der Waals surface area (Å²) in [6, 6.07) is 4.72. The minimum absolute atomic E-state index is 0.404. The van der Waals surface area contributed by atoms with Crippen molar-refractivity contribution in [2.45, 2.75) is 40.3 Å².